The predicted octanol–water partition coefficient (Wildman–Crippen LogP) is 2.80. The molecule has 6 heteroatoms. The van der Waals surface area contributed by atoms with Crippen molar-refractivity contribution in [2.75, 3.05) is 13.1 Å². The molecule has 2 aliphatic rings. The van der Waals surface area contributed by atoms with E-state index in [1.54, 1.807) is 0 Å². The molecule has 2 aromatic rings. The van der Waals surface area contributed by atoms with Crippen LogP contribution in [0, 0.1) is 5.92 Å². The number of rotatable bonds is 3. The first-order valence-corrected chi connectivity index (χ1v) is 10.2. The smallest absolute Gasteiger partial charge is 0.229 e. The molecule has 3 unspecified atom stereocenters. The van der Waals surface area contributed by atoms with E-state index in [9.17, 15) is 4.79 Å². The van der Waals surface area contributed by atoms with Crippen LogP contribution in [-0.2, 0) is 11.2 Å². The summed E-state index contributed by atoms with van der Waals surface area (Å²) in [4.78, 5) is 17.3. The van der Waals surface area contributed by atoms with Crippen molar-refractivity contribution < 1.29 is 9.32 Å². The number of nitrogens with zero attached hydrogens (tertiary/aromatic N) is 2. The van der Waals surface area contributed by atoms with Crippen LogP contribution in [0.25, 0.3) is 0 Å². The molecule has 1 amide bonds. The number of hydrogen-bond acceptors (Lipinski definition) is 5. The van der Waals surface area contributed by atoms with E-state index in [-0.39, 0.29) is 23.8 Å². The van der Waals surface area contributed by atoms with Gasteiger partial charge in [0.1, 0.15) is 0 Å². The molecule has 6 nitrogen and oxygen atoms in total. The second-order valence-electron chi connectivity index (χ2n) is 7.75. The molecule has 1 saturated carbocycles. The zero-order valence-corrected chi connectivity index (χ0v) is 15.7. The number of benzene rings is 1. The molecular weight excluding hydrogens is 340 g/mol. The molecule has 2 N–H and O–H groups in total. The quantitative estimate of drug-likeness (QED) is 0.871. The van der Waals surface area contributed by atoms with Gasteiger partial charge >= 0.3 is 0 Å². The van der Waals surface area contributed by atoms with Crippen molar-refractivity contribution >= 4 is 5.91 Å². The number of carbonyl (C=O) groups is 1. The summed E-state index contributed by atoms with van der Waals surface area (Å²) in [6, 6.07) is 10.4. The van der Waals surface area contributed by atoms with Gasteiger partial charge in [-0.3, -0.25) is 4.79 Å². The molecule has 1 aliphatic heterocycles. The minimum atomic E-state index is -0.0161. The van der Waals surface area contributed by atoms with Crippen molar-refractivity contribution in [3.63, 3.8) is 0 Å². The summed E-state index contributed by atoms with van der Waals surface area (Å²) >= 11 is 0. The first-order valence-electron chi connectivity index (χ1n) is 10.2. The Bertz CT molecular complexity index is 746. The number of aromatic nitrogens is 2. The van der Waals surface area contributed by atoms with E-state index in [0.29, 0.717) is 18.1 Å². The Kier molecular flexibility index (Phi) is 5.82. The summed E-state index contributed by atoms with van der Waals surface area (Å²) in [5.74, 6) is 1.69. The molecule has 1 aliphatic carbocycles. The monoisotopic (exact) mass is 368 g/mol. The van der Waals surface area contributed by atoms with Crippen LogP contribution in [0.5, 0.6) is 0 Å². The number of carbonyl (C=O) groups excluding carboxylic acids is 1. The highest BCUT2D eigenvalue weighted by molar-refractivity contribution is 5.79. The van der Waals surface area contributed by atoms with E-state index < -0.39 is 0 Å². The molecule has 27 heavy (non-hydrogen) atoms. The third-order valence-electron chi connectivity index (χ3n) is 5.75. The van der Waals surface area contributed by atoms with Crippen LogP contribution in [0.1, 0.15) is 61.7 Å². The average molecular weight is 368 g/mol. The van der Waals surface area contributed by atoms with E-state index >= 15 is 0 Å². The molecule has 0 radical (unpaired) electrons. The predicted molar refractivity (Wildman–Crippen MR) is 102 cm³/mol. The topological polar surface area (TPSA) is 80.0 Å². The maximum absolute atomic E-state index is 12.6. The van der Waals surface area contributed by atoms with Gasteiger partial charge in [-0.2, -0.15) is 4.98 Å². The van der Waals surface area contributed by atoms with E-state index in [0.717, 1.165) is 32.4 Å². The molecule has 3 atom stereocenters. The summed E-state index contributed by atoms with van der Waals surface area (Å²) in [5.41, 5.74) is 1.17. The van der Waals surface area contributed by atoms with Gasteiger partial charge in [0, 0.05) is 24.9 Å². The van der Waals surface area contributed by atoms with Crippen molar-refractivity contribution in [2.45, 2.75) is 56.9 Å². The van der Waals surface area contributed by atoms with Gasteiger partial charge in [0.2, 0.25) is 11.8 Å². The van der Waals surface area contributed by atoms with E-state index in [1.165, 1.54) is 24.8 Å². The highest BCUT2D eigenvalue weighted by Gasteiger charge is 2.41. The molecule has 4 rings (SSSR count). The van der Waals surface area contributed by atoms with Crippen molar-refractivity contribution in [1.82, 2.24) is 20.8 Å². The van der Waals surface area contributed by atoms with E-state index in [4.69, 9.17) is 4.52 Å². The molecule has 2 fully saturated rings. The third kappa shape index (κ3) is 4.56. The molecule has 144 valence electrons. The Balaban J connectivity index is 1.43. The zero-order chi connectivity index (χ0) is 18.5. The van der Waals surface area contributed by atoms with E-state index in [2.05, 4.69) is 32.9 Å². The van der Waals surface area contributed by atoms with Crippen LogP contribution < -0.4 is 10.6 Å². The summed E-state index contributed by atoms with van der Waals surface area (Å²) in [6.45, 7) is 1.76. The van der Waals surface area contributed by atoms with Crippen molar-refractivity contribution in [2.24, 2.45) is 5.92 Å². The highest BCUT2D eigenvalue weighted by Crippen LogP contribution is 2.38. The zero-order valence-electron chi connectivity index (χ0n) is 15.7. The van der Waals surface area contributed by atoms with Crippen molar-refractivity contribution in [3.05, 3.63) is 47.6 Å². The lowest BCUT2D eigenvalue weighted by Crippen LogP contribution is -2.41. The summed E-state index contributed by atoms with van der Waals surface area (Å²) in [5, 5.41) is 10.9. The lowest BCUT2D eigenvalue weighted by atomic mass is 10.0. The van der Waals surface area contributed by atoms with Crippen molar-refractivity contribution in [1.29, 1.82) is 0 Å². The molecule has 0 spiro atoms. The van der Waals surface area contributed by atoms with Crippen LogP contribution in [0.4, 0.5) is 0 Å². The van der Waals surface area contributed by atoms with Crippen LogP contribution in [0.15, 0.2) is 34.9 Å². The Morgan fingerprint density at radius 1 is 1.04 bits per heavy atom. The van der Waals surface area contributed by atoms with Crippen LogP contribution >= 0.6 is 0 Å². The molecular formula is C21H28N4O2. The van der Waals surface area contributed by atoms with Gasteiger partial charge in [0.25, 0.3) is 0 Å². The second-order valence-corrected chi connectivity index (χ2v) is 7.75. The first kappa shape index (κ1) is 18.2. The molecule has 1 aromatic carbocycles. The summed E-state index contributed by atoms with van der Waals surface area (Å²) in [6.07, 6.45) is 6.97. The standard InChI is InChI=1S/C21H28N4O2/c26-20-17-13-16(14-18(17)22-10-6-1-2-7-11-23-20)21-24-19(25-27-21)12-15-8-4-3-5-9-15/h3-5,8-9,16-18,22H,1-2,6-7,10-14H2,(H,23,26). The van der Waals surface area contributed by atoms with Crippen LogP contribution in [0.3, 0.4) is 0 Å². The lowest BCUT2D eigenvalue weighted by Gasteiger charge is -2.19. The SMILES string of the molecule is O=C1NCCCCCCNC2CC(c3nc(Cc4ccccc4)no3)CC12. The second kappa shape index (κ2) is 8.65. The van der Waals surface area contributed by atoms with Crippen LogP contribution in [0.2, 0.25) is 0 Å². The Labute approximate surface area is 160 Å². The fourth-order valence-corrected chi connectivity index (χ4v) is 4.27. The summed E-state index contributed by atoms with van der Waals surface area (Å²) < 4.78 is 5.57. The Hall–Kier alpha value is -2.21. The maximum atomic E-state index is 12.6. The van der Waals surface area contributed by atoms with Crippen molar-refractivity contribution in [3.8, 4) is 0 Å². The number of nitrogens with one attached hydrogen (secondary N) is 2. The normalized spacial score (nSPS) is 26.8. The largest absolute Gasteiger partial charge is 0.356 e. The molecule has 1 saturated heterocycles. The van der Waals surface area contributed by atoms with Gasteiger partial charge in [0.05, 0.1) is 5.92 Å². The molecule has 0 bridgehead atoms. The van der Waals surface area contributed by atoms with Gasteiger partial charge in [-0.1, -0.05) is 48.3 Å². The van der Waals surface area contributed by atoms with Gasteiger partial charge in [-0.05, 0) is 37.8 Å². The highest BCUT2D eigenvalue weighted by atomic mass is 16.5. The minimum Gasteiger partial charge on any atom is -0.356 e. The molecule has 1 aromatic heterocycles. The third-order valence-corrected chi connectivity index (χ3v) is 5.75. The fourth-order valence-electron chi connectivity index (χ4n) is 4.27. The first-order chi connectivity index (χ1) is 13.3. The summed E-state index contributed by atoms with van der Waals surface area (Å²) in [7, 11) is 0. The van der Waals surface area contributed by atoms with Gasteiger partial charge in [0.15, 0.2) is 5.82 Å². The average Bonchev–Trinajstić information content (AvgIpc) is 3.31. The molecule has 2 heterocycles. The maximum Gasteiger partial charge on any atom is 0.229 e. The van der Waals surface area contributed by atoms with Crippen LogP contribution in [-0.4, -0.2) is 35.2 Å². The Morgan fingerprint density at radius 3 is 2.70 bits per heavy atom. The number of hydrogen-bond donors (Lipinski definition) is 2. The van der Waals surface area contributed by atoms with Gasteiger partial charge < -0.3 is 15.2 Å². The van der Waals surface area contributed by atoms with Gasteiger partial charge in [-0.15, -0.1) is 0 Å². The van der Waals surface area contributed by atoms with Gasteiger partial charge in [-0.25, -0.2) is 0 Å². The Morgan fingerprint density at radius 2 is 1.85 bits per heavy atom. The van der Waals surface area contributed by atoms with E-state index in [1.807, 2.05) is 18.2 Å². The number of amides is 1. The lowest BCUT2D eigenvalue weighted by molar-refractivity contribution is -0.125. The fraction of sp³-hybridized carbons (Fsp3) is 0.571. The number of fused-ring (bicyclic) bond motifs is 1. The minimum absolute atomic E-state index is 0.0161.